The Kier molecular flexibility index (Phi) is 6.73. The second-order valence-electron chi connectivity index (χ2n) is 7.00. The third-order valence-corrected chi connectivity index (χ3v) is 6.15. The molecule has 1 unspecified atom stereocenters. The monoisotopic (exact) mass is 452 g/mol. The Bertz CT molecular complexity index is 895. The molecule has 5 atom stereocenters. The van der Waals surface area contributed by atoms with E-state index >= 15 is 0 Å². The summed E-state index contributed by atoms with van der Waals surface area (Å²) in [4.78, 5) is 27.2. The van der Waals surface area contributed by atoms with Gasteiger partial charge in [-0.3, -0.25) is 22.9 Å². The number of halogens is 2. The van der Waals surface area contributed by atoms with E-state index in [9.17, 15) is 22.9 Å². The van der Waals surface area contributed by atoms with Crippen LogP contribution in [0.1, 0.15) is 32.2 Å². The third kappa shape index (κ3) is 4.62. The number of carbonyl (C=O) groups excluding carboxylic acids is 1. The van der Waals surface area contributed by atoms with Crippen molar-refractivity contribution < 1.29 is 41.2 Å². The van der Waals surface area contributed by atoms with E-state index in [2.05, 4.69) is 4.98 Å². The molecule has 0 aromatic carbocycles. The second kappa shape index (κ2) is 8.80. The zero-order chi connectivity index (χ0) is 22.1. The average molecular weight is 452 g/mol. The predicted molar refractivity (Wildman–Crippen MR) is 96.9 cm³/mol. The maximum atomic E-state index is 15.0. The molecule has 2 aliphatic rings. The van der Waals surface area contributed by atoms with Gasteiger partial charge in [0.05, 0.1) is 25.7 Å². The Hall–Kier alpha value is -1.72. The summed E-state index contributed by atoms with van der Waals surface area (Å²) in [6, 6.07) is 1.39. The molecular weight excluding hydrogens is 429 g/mol. The number of aromatic nitrogens is 2. The van der Waals surface area contributed by atoms with Gasteiger partial charge in [-0.1, -0.05) is 6.92 Å². The van der Waals surface area contributed by atoms with Gasteiger partial charge >= 0.3 is 25.4 Å². The Balaban J connectivity index is 1.66. The first-order chi connectivity index (χ1) is 14.1. The van der Waals surface area contributed by atoms with E-state index in [0.29, 0.717) is 10.3 Å². The summed E-state index contributed by atoms with van der Waals surface area (Å²) in [5.74, 6) is -4.71. The lowest BCUT2D eigenvalue weighted by Gasteiger charge is -2.31. The fourth-order valence-corrected chi connectivity index (χ4v) is 4.46. The molecule has 30 heavy (non-hydrogen) atoms. The number of alkyl halides is 2. The minimum absolute atomic E-state index is 0.129. The zero-order valence-electron chi connectivity index (χ0n) is 16.7. The lowest BCUT2D eigenvalue weighted by molar-refractivity contribution is -0.148. The molecular formula is C17H23F2N2O8P. The number of nitrogens with zero attached hydrogens (tertiary/aromatic N) is 2. The standard InChI is InChI=1S/C17H23F2N2O8P/c1-4-25-14(22)10(2)6-8-26-30(24)27-9-12-13(29-30)17(18,19)15(28-12)21-7-5-11(3)20-16(21)23/h5,7,10,12-13,15H,4,6,8-9H2,1-3H3/t10-,12-,13-,15-,30?/m1/s1. The molecule has 0 amide bonds. The quantitative estimate of drug-likeness (QED) is 0.454. The van der Waals surface area contributed by atoms with Crippen LogP contribution < -0.4 is 5.69 Å². The topological polar surface area (TPSA) is 115 Å². The van der Waals surface area contributed by atoms with Crippen molar-refractivity contribution in [1.29, 1.82) is 0 Å². The first-order valence-electron chi connectivity index (χ1n) is 9.40. The molecule has 13 heteroatoms. The van der Waals surface area contributed by atoms with Gasteiger partial charge in [-0.05, 0) is 26.3 Å². The number of rotatable bonds is 7. The number of hydrogen-bond donors (Lipinski definition) is 0. The number of fused-ring (bicyclic) bond motifs is 1. The second-order valence-corrected chi connectivity index (χ2v) is 8.63. The summed E-state index contributed by atoms with van der Waals surface area (Å²) in [6.45, 7) is 4.31. The van der Waals surface area contributed by atoms with Gasteiger partial charge in [0, 0.05) is 11.9 Å². The third-order valence-electron chi connectivity index (χ3n) is 4.70. The van der Waals surface area contributed by atoms with Crippen molar-refractivity contribution >= 4 is 13.8 Å². The average Bonchev–Trinajstić information content (AvgIpc) is 2.92. The molecule has 0 radical (unpaired) electrons. The summed E-state index contributed by atoms with van der Waals surface area (Å²) in [5.41, 5.74) is -0.545. The van der Waals surface area contributed by atoms with Crippen molar-refractivity contribution in [2.24, 2.45) is 5.92 Å². The zero-order valence-corrected chi connectivity index (χ0v) is 17.6. The van der Waals surface area contributed by atoms with Gasteiger partial charge in [0.15, 0.2) is 6.10 Å². The number of ether oxygens (including phenoxy) is 2. The molecule has 0 saturated carbocycles. The Morgan fingerprint density at radius 3 is 2.90 bits per heavy atom. The van der Waals surface area contributed by atoms with Crippen molar-refractivity contribution in [3.63, 3.8) is 0 Å². The van der Waals surface area contributed by atoms with Crippen LogP contribution in [0, 0.1) is 12.8 Å². The van der Waals surface area contributed by atoms with Gasteiger partial charge in [0.1, 0.15) is 6.10 Å². The Morgan fingerprint density at radius 1 is 1.50 bits per heavy atom. The molecule has 168 valence electrons. The largest absolute Gasteiger partial charge is 0.475 e. The molecule has 0 N–H and O–H groups in total. The maximum absolute atomic E-state index is 15.0. The van der Waals surface area contributed by atoms with E-state index in [1.54, 1.807) is 20.8 Å². The summed E-state index contributed by atoms with van der Waals surface area (Å²) < 4.78 is 68.5. The fraction of sp³-hybridized carbons (Fsp3) is 0.706. The number of phosphoric acid groups is 1. The lowest BCUT2D eigenvalue weighted by Crippen LogP contribution is -2.45. The van der Waals surface area contributed by atoms with Crippen LogP contribution in [-0.2, 0) is 32.4 Å². The molecule has 1 aromatic heterocycles. The molecule has 10 nitrogen and oxygen atoms in total. The highest BCUT2D eigenvalue weighted by Gasteiger charge is 2.65. The lowest BCUT2D eigenvalue weighted by atomic mass is 10.1. The number of phosphoric ester groups is 1. The summed E-state index contributed by atoms with van der Waals surface area (Å²) in [7, 11) is -4.32. The molecule has 0 spiro atoms. The van der Waals surface area contributed by atoms with Crippen LogP contribution in [0.4, 0.5) is 8.78 Å². The molecule has 2 aliphatic heterocycles. The van der Waals surface area contributed by atoms with Crippen LogP contribution in [0.5, 0.6) is 0 Å². The predicted octanol–water partition coefficient (Wildman–Crippen LogP) is 2.21. The molecule has 3 heterocycles. The normalized spacial score (nSPS) is 31.2. The molecule has 3 rings (SSSR count). The van der Waals surface area contributed by atoms with E-state index in [-0.39, 0.29) is 19.6 Å². The van der Waals surface area contributed by atoms with Gasteiger partial charge in [0.25, 0.3) is 0 Å². The summed E-state index contributed by atoms with van der Waals surface area (Å²) in [5, 5.41) is 0. The summed E-state index contributed by atoms with van der Waals surface area (Å²) >= 11 is 0. The SMILES string of the molecule is CCOC(=O)[C@H](C)CCOP1(=O)OC[C@H]2O[C@@H](n3ccc(C)nc3=O)C(F)(F)[C@@H]2O1. The van der Waals surface area contributed by atoms with E-state index in [1.165, 1.54) is 6.07 Å². The van der Waals surface area contributed by atoms with Crippen LogP contribution in [0.3, 0.4) is 0 Å². The minimum atomic E-state index is -4.32. The van der Waals surface area contributed by atoms with Crippen molar-refractivity contribution in [3.05, 3.63) is 28.4 Å². The highest BCUT2D eigenvalue weighted by molar-refractivity contribution is 7.48. The minimum Gasteiger partial charge on any atom is -0.466 e. The molecule has 2 saturated heterocycles. The van der Waals surface area contributed by atoms with E-state index < -0.39 is 56.4 Å². The number of carbonyl (C=O) groups is 1. The maximum Gasteiger partial charge on any atom is 0.475 e. The highest BCUT2D eigenvalue weighted by Crippen LogP contribution is 2.59. The van der Waals surface area contributed by atoms with E-state index in [1.807, 2.05) is 0 Å². The van der Waals surface area contributed by atoms with Crippen LogP contribution in [-0.4, -0.2) is 53.5 Å². The Morgan fingerprint density at radius 2 is 2.23 bits per heavy atom. The number of esters is 1. The van der Waals surface area contributed by atoms with Crippen molar-refractivity contribution in [1.82, 2.24) is 9.55 Å². The molecule has 0 bridgehead atoms. The van der Waals surface area contributed by atoms with Crippen molar-refractivity contribution in [2.45, 2.75) is 51.6 Å². The van der Waals surface area contributed by atoms with Crippen LogP contribution >= 0.6 is 7.82 Å². The van der Waals surface area contributed by atoms with Crippen molar-refractivity contribution in [3.8, 4) is 0 Å². The smallest absolute Gasteiger partial charge is 0.466 e. The molecule has 2 fully saturated rings. The van der Waals surface area contributed by atoms with E-state index in [0.717, 1.165) is 6.20 Å². The van der Waals surface area contributed by atoms with Gasteiger partial charge in [-0.15, -0.1) is 0 Å². The van der Waals surface area contributed by atoms with Crippen molar-refractivity contribution in [2.75, 3.05) is 19.8 Å². The number of aryl methyl sites for hydroxylation is 1. The Labute approximate surface area is 171 Å². The van der Waals surface area contributed by atoms with Crippen LogP contribution in [0.15, 0.2) is 17.1 Å². The first-order valence-corrected chi connectivity index (χ1v) is 10.9. The van der Waals surface area contributed by atoms with Gasteiger partial charge < -0.3 is 9.47 Å². The van der Waals surface area contributed by atoms with Crippen LogP contribution in [0.2, 0.25) is 0 Å². The molecule has 1 aromatic rings. The highest BCUT2D eigenvalue weighted by atomic mass is 31.2. The number of hydrogen-bond acceptors (Lipinski definition) is 9. The van der Waals surface area contributed by atoms with E-state index in [4.69, 9.17) is 23.0 Å². The van der Waals surface area contributed by atoms with Gasteiger partial charge in [0.2, 0.25) is 6.23 Å². The molecule has 0 aliphatic carbocycles. The van der Waals surface area contributed by atoms with Crippen LogP contribution in [0.25, 0.3) is 0 Å². The summed E-state index contributed by atoms with van der Waals surface area (Å²) in [6.07, 6.45) is -3.93. The first kappa shape index (κ1) is 23.0. The van der Waals surface area contributed by atoms with Gasteiger partial charge in [-0.2, -0.15) is 13.8 Å². The van der Waals surface area contributed by atoms with Gasteiger partial charge in [-0.25, -0.2) is 9.36 Å². The fourth-order valence-electron chi connectivity index (χ4n) is 3.05.